The van der Waals surface area contributed by atoms with E-state index in [1.807, 2.05) is 0 Å². The summed E-state index contributed by atoms with van der Waals surface area (Å²) in [5, 5.41) is 0. The zero-order valence-electron chi connectivity index (χ0n) is 10.5. The van der Waals surface area contributed by atoms with E-state index in [0.29, 0.717) is 5.92 Å². The van der Waals surface area contributed by atoms with Crippen molar-refractivity contribution in [1.29, 1.82) is 0 Å². The summed E-state index contributed by atoms with van der Waals surface area (Å²) < 4.78 is 10.9. The first kappa shape index (κ1) is 12.9. The third-order valence-corrected chi connectivity index (χ3v) is 3.41. The van der Waals surface area contributed by atoms with Crippen LogP contribution in [0.4, 0.5) is 0 Å². The van der Waals surface area contributed by atoms with Crippen molar-refractivity contribution in [2.75, 3.05) is 14.2 Å². The summed E-state index contributed by atoms with van der Waals surface area (Å²) in [5.74, 6) is 0.704. The molecule has 0 saturated heterocycles. The monoisotopic (exact) mass is 215 g/mol. The topological polar surface area (TPSA) is 44.5 Å². The van der Waals surface area contributed by atoms with Gasteiger partial charge in [0.25, 0.3) is 0 Å². The molecule has 1 fully saturated rings. The van der Waals surface area contributed by atoms with Crippen molar-refractivity contribution in [2.24, 2.45) is 11.7 Å². The minimum absolute atomic E-state index is 0.0700. The number of rotatable bonds is 7. The fourth-order valence-electron chi connectivity index (χ4n) is 1.92. The molecule has 90 valence electrons. The Morgan fingerprint density at radius 1 is 1.33 bits per heavy atom. The Labute approximate surface area is 93.3 Å². The van der Waals surface area contributed by atoms with Crippen LogP contribution in [0.5, 0.6) is 0 Å². The molecular formula is C12H25NO2. The molecular weight excluding hydrogens is 190 g/mol. The summed E-state index contributed by atoms with van der Waals surface area (Å²) >= 11 is 0. The molecule has 0 spiro atoms. The lowest BCUT2D eigenvalue weighted by atomic mass is 9.95. The van der Waals surface area contributed by atoms with Crippen molar-refractivity contribution in [3.8, 4) is 0 Å². The van der Waals surface area contributed by atoms with Crippen molar-refractivity contribution in [1.82, 2.24) is 0 Å². The van der Waals surface area contributed by atoms with Gasteiger partial charge in [0.1, 0.15) is 0 Å². The van der Waals surface area contributed by atoms with E-state index in [1.165, 1.54) is 12.8 Å². The Kier molecular flexibility index (Phi) is 4.56. The first-order valence-corrected chi connectivity index (χ1v) is 5.83. The average molecular weight is 215 g/mol. The van der Waals surface area contributed by atoms with Gasteiger partial charge in [0, 0.05) is 20.3 Å². The Hall–Kier alpha value is -0.120. The first-order chi connectivity index (χ1) is 7.00. The number of methoxy groups -OCH3 is 2. The molecule has 3 nitrogen and oxygen atoms in total. The van der Waals surface area contributed by atoms with Gasteiger partial charge in [-0.2, -0.15) is 0 Å². The molecule has 0 heterocycles. The molecule has 1 rings (SSSR count). The molecule has 2 atom stereocenters. The summed E-state index contributed by atoms with van der Waals surface area (Å²) in [4.78, 5) is 0. The highest BCUT2D eigenvalue weighted by atomic mass is 16.5. The second kappa shape index (κ2) is 5.28. The second-order valence-electron chi connectivity index (χ2n) is 5.20. The van der Waals surface area contributed by atoms with Crippen molar-refractivity contribution in [3.05, 3.63) is 0 Å². The Morgan fingerprint density at radius 2 is 1.93 bits per heavy atom. The lowest BCUT2D eigenvalue weighted by Gasteiger charge is -2.27. The maximum absolute atomic E-state index is 6.15. The fraction of sp³-hybridized carbons (Fsp3) is 1.00. The molecule has 1 aliphatic carbocycles. The van der Waals surface area contributed by atoms with Crippen molar-refractivity contribution in [2.45, 2.75) is 57.3 Å². The fourth-order valence-corrected chi connectivity index (χ4v) is 1.92. The van der Waals surface area contributed by atoms with Crippen LogP contribution in [0.25, 0.3) is 0 Å². The van der Waals surface area contributed by atoms with E-state index in [9.17, 15) is 0 Å². The van der Waals surface area contributed by atoms with E-state index in [-0.39, 0.29) is 17.7 Å². The van der Waals surface area contributed by atoms with Gasteiger partial charge in [-0.05, 0) is 45.4 Å². The van der Waals surface area contributed by atoms with Crippen LogP contribution in [0.2, 0.25) is 0 Å². The quantitative estimate of drug-likeness (QED) is 0.706. The molecule has 0 bridgehead atoms. The predicted octanol–water partition coefficient (Wildman–Crippen LogP) is 1.94. The molecule has 0 aromatic carbocycles. The molecule has 3 heteroatoms. The molecule has 0 aliphatic heterocycles. The standard InChI is InChI=1S/C12H25NO2/c1-12(2,15-4)8-7-10(13)11(14-3)9-5-6-9/h9-11H,5-8,13H2,1-4H3. The van der Waals surface area contributed by atoms with Gasteiger partial charge in [-0.25, -0.2) is 0 Å². The Morgan fingerprint density at radius 3 is 2.33 bits per heavy atom. The van der Waals surface area contributed by atoms with Crippen LogP contribution in [-0.4, -0.2) is 32.0 Å². The minimum atomic E-state index is -0.0700. The number of ether oxygens (including phenoxy) is 2. The molecule has 15 heavy (non-hydrogen) atoms. The van der Waals surface area contributed by atoms with Crippen LogP contribution in [0.15, 0.2) is 0 Å². The highest BCUT2D eigenvalue weighted by Gasteiger charge is 2.35. The summed E-state index contributed by atoms with van der Waals surface area (Å²) in [6.45, 7) is 4.19. The van der Waals surface area contributed by atoms with Crippen LogP contribution < -0.4 is 5.73 Å². The van der Waals surface area contributed by atoms with Crippen LogP contribution >= 0.6 is 0 Å². The highest BCUT2D eigenvalue weighted by Crippen LogP contribution is 2.36. The third kappa shape index (κ3) is 4.09. The van der Waals surface area contributed by atoms with E-state index in [4.69, 9.17) is 15.2 Å². The molecule has 0 radical (unpaired) electrons. The van der Waals surface area contributed by atoms with Gasteiger partial charge in [0.2, 0.25) is 0 Å². The predicted molar refractivity (Wildman–Crippen MR) is 61.8 cm³/mol. The van der Waals surface area contributed by atoms with Crippen LogP contribution in [-0.2, 0) is 9.47 Å². The normalized spacial score (nSPS) is 21.4. The Balaban J connectivity index is 2.30. The molecule has 1 saturated carbocycles. The molecule has 0 aromatic rings. The third-order valence-electron chi connectivity index (χ3n) is 3.41. The van der Waals surface area contributed by atoms with Crippen LogP contribution in [0.3, 0.4) is 0 Å². The highest BCUT2D eigenvalue weighted by molar-refractivity contribution is 4.89. The summed E-state index contributed by atoms with van der Waals surface area (Å²) in [5.41, 5.74) is 6.08. The first-order valence-electron chi connectivity index (χ1n) is 5.83. The minimum Gasteiger partial charge on any atom is -0.380 e. The molecule has 0 aromatic heterocycles. The summed E-state index contributed by atoms with van der Waals surface area (Å²) in [6, 6.07) is 0.150. The summed E-state index contributed by atoms with van der Waals surface area (Å²) in [7, 11) is 3.52. The lowest BCUT2D eigenvalue weighted by Crippen LogP contribution is -2.39. The van der Waals surface area contributed by atoms with E-state index in [0.717, 1.165) is 12.8 Å². The van der Waals surface area contributed by atoms with E-state index < -0.39 is 0 Å². The van der Waals surface area contributed by atoms with E-state index >= 15 is 0 Å². The Bertz CT molecular complexity index is 190. The molecule has 2 unspecified atom stereocenters. The van der Waals surface area contributed by atoms with Gasteiger partial charge in [-0.1, -0.05) is 0 Å². The van der Waals surface area contributed by atoms with Crippen LogP contribution in [0.1, 0.15) is 39.5 Å². The summed E-state index contributed by atoms with van der Waals surface area (Å²) in [6.07, 6.45) is 4.75. The SMILES string of the molecule is COC(C(N)CCC(C)(C)OC)C1CC1. The zero-order chi connectivity index (χ0) is 11.5. The largest absolute Gasteiger partial charge is 0.380 e. The molecule has 2 N–H and O–H groups in total. The molecule has 1 aliphatic rings. The zero-order valence-corrected chi connectivity index (χ0v) is 10.5. The van der Waals surface area contributed by atoms with Gasteiger partial charge in [-0.3, -0.25) is 0 Å². The number of hydrogen-bond acceptors (Lipinski definition) is 3. The van der Waals surface area contributed by atoms with E-state index in [1.54, 1.807) is 14.2 Å². The van der Waals surface area contributed by atoms with Gasteiger partial charge in [0.15, 0.2) is 0 Å². The smallest absolute Gasteiger partial charge is 0.0750 e. The van der Waals surface area contributed by atoms with Gasteiger partial charge < -0.3 is 15.2 Å². The van der Waals surface area contributed by atoms with Crippen molar-refractivity contribution in [3.63, 3.8) is 0 Å². The van der Waals surface area contributed by atoms with Crippen molar-refractivity contribution < 1.29 is 9.47 Å². The second-order valence-corrected chi connectivity index (χ2v) is 5.20. The number of hydrogen-bond donors (Lipinski definition) is 1. The van der Waals surface area contributed by atoms with Gasteiger partial charge >= 0.3 is 0 Å². The molecule has 0 amide bonds. The maximum Gasteiger partial charge on any atom is 0.0750 e. The van der Waals surface area contributed by atoms with Gasteiger partial charge in [0.05, 0.1) is 11.7 Å². The number of nitrogens with two attached hydrogens (primary N) is 1. The maximum atomic E-state index is 6.15. The lowest BCUT2D eigenvalue weighted by molar-refractivity contribution is 0.00298. The average Bonchev–Trinajstić information content (AvgIpc) is 3.00. The van der Waals surface area contributed by atoms with E-state index in [2.05, 4.69) is 13.8 Å². The van der Waals surface area contributed by atoms with Crippen molar-refractivity contribution >= 4 is 0 Å². The van der Waals surface area contributed by atoms with Gasteiger partial charge in [-0.15, -0.1) is 0 Å². The van der Waals surface area contributed by atoms with Crippen LogP contribution in [0, 0.1) is 5.92 Å².